The topological polar surface area (TPSA) is 145 Å². The Morgan fingerprint density at radius 3 is 2.12 bits per heavy atom. The number of benzene rings is 2. The van der Waals surface area contributed by atoms with Crippen molar-refractivity contribution >= 4 is 18.0 Å². The van der Waals surface area contributed by atoms with Gasteiger partial charge < -0.3 is 30.3 Å². The van der Waals surface area contributed by atoms with Gasteiger partial charge in [-0.25, -0.2) is 9.59 Å². The average molecular weight is 360 g/mol. The molecule has 0 aliphatic carbocycles. The third-order valence-corrected chi connectivity index (χ3v) is 3.41. The van der Waals surface area contributed by atoms with Crippen LogP contribution in [0.15, 0.2) is 42.5 Å². The molecule has 2 rings (SSSR count). The lowest BCUT2D eigenvalue weighted by atomic mass is 10.1. The summed E-state index contributed by atoms with van der Waals surface area (Å²) in [6, 6.07) is 7.65. The van der Waals surface area contributed by atoms with Crippen LogP contribution >= 0.6 is 0 Å². The fourth-order valence-corrected chi connectivity index (χ4v) is 2.08. The summed E-state index contributed by atoms with van der Waals surface area (Å²) in [6.07, 6.45) is 0.565. The number of hydrogen-bond donors (Lipinski definition) is 5. The van der Waals surface area contributed by atoms with Crippen molar-refractivity contribution in [3.05, 3.63) is 53.6 Å². The molecule has 8 nitrogen and oxygen atoms in total. The van der Waals surface area contributed by atoms with Crippen LogP contribution in [0.4, 0.5) is 0 Å². The van der Waals surface area contributed by atoms with Gasteiger partial charge in [0.2, 0.25) is 6.10 Å². The first-order chi connectivity index (χ1) is 12.3. The zero-order valence-electron chi connectivity index (χ0n) is 13.4. The summed E-state index contributed by atoms with van der Waals surface area (Å²) in [5.41, 5.74) is 0.750. The Labute approximate surface area is 147 Å². The molecule has 2 aromatic carbocycles. The zero-order valence-corrected chi connectivity index (χ0v) is 13.4. The van der Waals surface area contributed by atoms with Crippen LogP contribution in [0, 0.1) is 0 Å². The van der Waals surface area contributed by atoms with E-state index in [-0.39, 0.29) is 23.7 Å². The molecule has 0 heterocycles. The fourth-order valence-electron chi connectivity index (χ4n) is 2.08. The maximum absolute atomic E-state index is 11.8. The van der Waals surface area contributed by atoms with E-state index in [9.17, 15) is 35.1 Å². The molecule has 5 N–H and O–H groups in total. The number of aromatic hydroxyl groups is 4. The van der Waals surface area contributed by atoms with Gasteiger partial charge >= 0.3 is 11.9 Å². The van der Waals surface area contributed by atoms with Crippen molar-refractivity contribution < 1.29 is 39.9 Å². The summed E-state index contributed by atoms with van der Waals surface area (Å²) >= 11 is 0. The van der Waals surface area contributed by atoms with Crippen molar-refractivity contribution in [1.29, 1.82) is 0 Å². The normalized spacial score (nSPS) is 12.0. The van der Waals surface area contributed by atoms with Crippen LogP contribution in [0.3, 0.4) is 0 Å². The molecule has 0 bridgehead atoms. The van der Waals surface area contributed by atoms with Gasteiger partial charge in [-0.3, -0.25) is 0 Å². The van der Waals surface area contributed by atoms with Crippen LogP contribution in [-0.4, -0.2) is 43.6 Å². The SMILES string of the molecule is O=C(C=Cc1ccc(O)c(O)c1)OC(Cc1ccc(O)c(O)c1)C(=O)O. The van der Waals surface area contributed by atoms with Crippen molar-refractivity contribution in [3.63, 3.8) is 0 Å². The van der Waals surface area contributed by atoms with Crippen molar-refractivity contribution in [2.45, 2.75) is 12.5 Å². The number of carboxylic acids is 1. The van der Waals surface area contributed by atoms with E-state index in [1.54, 1.807) is 0 Å². The van der Waals surface area contributed by atoms with E-state index >= 15 is 0 Å². The fraction of sp³-hybridized carbons (Fsp3) is 0.111. The van der Waals surface area contributed by atoms with Crippen LogP contribution in [0.25, 0.3) is 6.08 Å². The first-order valence-electron chi connectivity index (χ1n) is 7.40. The molecule has 0 radical (unpaired) electrons. The smallest absolute Gasteiger partial charge is 0.345 e. The van der Waals surface area contributed by atoms with Gasteiger partial charge in [-0.2, -0.15) is 0 Å². The summed E-state index contributed by atoms with van der Waals surface area (Å²) in [5, 5.41) is 46.5. The van der Waals surface area contributed by atoms with Crippen molar-refractivity contribution in [1.82, 2.24) is 0 Å². The molecule has 0 saturated heterocycles. The Morgan fingerprint density at radius 2 is 1.54 bits per heavy atom. The standard InChI is InChI=1S/C18H16O8/c19-12-4-1-10(7-14(12)21)3-6-17(23)26-16(18(24)25)9-11-2-5-13(20)15(22)8-11/h1-8,16,19-22H,9H2,(H,24,25). The first kappa shape index (κ1) is 18.7. The molecule has 26 heavy (non-hydrogen) atoms. The lowest BCUT2D eigenvalue weighted by molar-refractivity contribution is -0.160. The highest BCUT2D eigenvalue weighted by molar-refractivity contribution is 5.89. The molecule has 136 valence electrons. The van der Waals surface area contributed by atoms with Gasteiger partial charge in [-0.15, -0.1) is 0 Å². The monoisotopic (exact) mass is 360 g/mol. The van der Waals surface area contributed by atoms with Crippen LogP contribution in [0.5, 0.6) is 23.0 Å². The second-order valence-corrected chi connectivity index (χ2v) is 5.37. The van der Waals surface area contributed by atoms with E-state index < -0.39 is 23.8 Å². The molecule has 0 aliphatic rings. The third-order valence-electron chi connectivity index (χ3n) is 3.41. The van der Waals surface area contributed by atoms with Gasteiger partial charge in [-0.1, -0.05) is 12.1 Å². The number of rotatable bonds is 6. The largest absolute Gasteiger partial charge is 0.504 e. The molecule has 1 atom stereocenters. The molecular weight excluding hydrogens is 344 g/mol. The zero-order chi connectivity index (χ0) is 19.3. The molecule has 0 fully saturated rings. The summed E-state index contributed by atoms with van der Waals surface area (Å²) < 4.78 is 4.88. The van der Waals surface area contributed by atoms with Crippen molar-refractivity contribution in [2.75, 3.05) is 0 Å². The number of esters is 1. The Bertz CT molecular complexity index is 856. The number of aliphatic carboxylic acids is 1. The van der Waals surface area contributed by atoms with Crippen LogP contribution in [-0.2, 0) is 20.7 Å². The predicted octanol–water partition coefficient (Wildman–Crippen LogP) is 1.76. The molecule has 0 spiro atoms. The minimum atomic E-state index is -1.50. The quantitative estimate of drug-likeness (QED) is 0.298. The maximum atomic E-state index is 11.8. The Hall–Kier alpha value is -3.68. The van der Waals surface area contributed by atoms with Crippen molar-refractivity contribution in [3.8, 4) is 23.0 Å². The highest BCUT2D eigenvalue weighted by Crippen LogP contribution is 2.26. The van der Waals surface area contributed by atoms with Gasteiger partial charge in [0, 0.05) is 12.5 Å². The van der Waals surface area contributed by atoms with E-state index in [0.717, 1.165) is 6.08 Å². The number of hydrogen-bond acceptors (Lipinski definition) is 7. The Kier molecular flexibility index (Phi) is 5.69. The van der Waals surface area contributed by atoms with E-state index in [1.165, 1.54) is 42.5 Å². The number of ether oxygens (including phenoxy) is 1. The van der Waals surface area contributed by atoms with Crippen LogP contribution in [0.1, 0.15) is 11.1 Å². The molecule has 1 unspecified atom stereocenters. The number of phenolic OH excluding ortho intramolecular Hbond substituents is 4. The third kappa shape index (κ3) is 4.91. The Balaban J connectivity index is 2.05. The van der Waals surface area contributed by atoms with E-state index in [2.05, 4.69) is 0 Å². The van der Waals surface area contributed by atoms with Gasteiger partial charge in [-0.05, 0) is 41.5 Å². The maximum Gasteiger partial charge on any atom is 0.345 e. The van der Waals surface area contributed by atoms with E-state index in [0.29, 0.717) is 11.1 Å². The second kappa shape index (κ2) is 7.93. The molecular formula is C18H16O8. The van der Waals surface area contributed by atoms with Crippen molar-refractivity contribution in [2.24, 2.45) is 0 Å². The minimum absolute atomic E-state index is 0.206. The highest BCUT2D eigenvalue weighted by Gasteiger charge is 2.22. The number of carbonyl (C=O) groups excluding carboxylic acids is 1. The molecule has 0 amide bonds. The second-order valence-electron chi connectivity index (χ2n) is 5.37. The number of carbonyl (C=O) groups is 2. The summed E-state index contributed by atoms with van der Waals surface area (Å²) in [7, 11) is 0. The molecule has 2 aromatic rings. The Morgan fingerprint density at radius 1 is 0.923 bits per heavy atom. The summed E-state index contributed by atoms with van der Waals surface area (Å²) in [6.45, 7) is 0. The van der Waals surface area contributed by atoms with Crippen LogP contribution in [0.2, 0.25) is 0 Å². The van der Waals surface area contributed by atoms with Crippen LogP contribution < -0.4 is 0 Å². The lowest BCUT2D eigenvalue weighted by Gasteiger charge is -2.13. The predicted molar refractivity (Wildman–Crippen MR) is 89.8 cm³/mol. The molecule has 0 aliphatic heterocycles. The number of carboxylic acid groups (broad SMARTS) is 1. The first-order valence-corrected chi connectivity index (χ1v) is 7.40. The molecule has 0 saturated carbocycles. The number of phenols is 4. The summed E-state index contributed by atoms with van der Waals surface area (Å²) in [4.78, 5) is 23.1. The van der Waals surface area contributed by atoms with E-state index in [4.69, 9.17) is 4.74 Å². The molecule has 8 heteroatoms. The van der Waals surface area contributed by atoms with Gasteiger partial charge in [0.15, 0.2) is 23.0 Å². The highest BCUT2D eigenvalue weighted by atomic mass is 16.6. The molecule has 0 aromatic heterocycles. The van der Waals surface area contributed by atoms with E-state index in [1.807, 2.05) is 0 Å². The summed E-state index contributed by atoms with van der Waals surface area (Å²) in [5.74, 6) is -3.74. The van der Waals surface area contributed by atoms with Gasteiger partial charge in [0.25, 0.3) is 0 Å². The minimum Gasteiger partial charge on any atom is -0.504 e. The average Bonchev–Trinajstić information content (AvgIpc) is 2.58. The van der Waals surface area contributed by atoms with Gasteiger partial charge in [0.1, 0.15) is 0 Å². The lowest BCUT2D eigenvalue weighted by Crippen LogP contribution is -2.28. The van der Waals surface area contributed by atoms with Gasteiger partial charge in [0.05, 0.1) is 0 Å².